The number of nitrogens with zero attached hydrogens (tertiary/aromatic N) is 4. The largest absolute Gasteiger partial charge is 0.342 e. The second-order valence-corrected chi connectivity index (χ2v) is 5.94. The standard InChI is InChI=1S/C19H21FN4O/c1-3-4-11-22(2)19(25)17-14-21-24(16-9-7-15(20)8-10-16)18(17)23-12-5-6-13-23/h5-10,12-14H,3-4,11H2,1-2H3. The molecule has 6 heteroatoms. The third kappa shape index (κ3) is 3.47. The van der Waals surface area contributed by atoms with Crippen molar-refractivity contribution in [3.8, 4) is 11.5 Å². The maximum Gasteiger partial charge on any atom is 0.259 e. The van der Waals surface area contributed by atoms with E-state index in [2.05, 4.69) is 12.0 Å². The van der Waals surface area contributed by atoms with Crippen molar-refractivity contribution < 1.29 is 9.18 Å². The number of carbonyl (C=O) groups is 1. The molecule has 5 nitrogen and oxygen atoms in total. The van der Waals surface area contributed by atoms with Gasteiger partial charge in [-0.2, -0.15) is 5.10 Å². The van der Waals surface area contributed by atoms with Gasteiger partial charge in [0, 0.05) is 26.0 Å². The van der Waals surface area contributed by atoms with E-state index in [4.69, 9.17) is 0 Å². The Morgan fingerprint density at radius 1 is 1.20 bits per heavy atom. The molecule has 0 aliphatic rings. The van der Waals surface area contributed by atoms with E-state index in [9.17, 15) is 9.18 Å². The topological polar surface area (TPSA) is 43.1 Å². The van der Waals surface area contributed by atoms with Gasteiger partial charge in [0.25, 0.3) is 5.91 Å². The van der Waals surface area contributed by atoms with Gasteiger partial charge in [-0.1, -0.05) is 13.3 Å². The van der Waals surface area contributed by atoms with Gasteiger partial charge in [0.2, 0.25) is 0 Å². The van der Waals surface area contributed by atoms with Crippen LogP contribution in [-0.4, -0.2) is 38.7 Å². The molecule has 0 saturated carbocycles. The van der Waals surface area contributed by atoms with Crippen LogP contribution < -0.4 is 0 Å². The number of hydrogen-bond acceptors (Lipinski definition) is 2. The van der Waals surface area contributed by atoms with Crippen LogP contribution in [0, 0.1) is 5.82 Å². The van der Waals surface area contributed by atoms with Crippen LogP contribution in [0.5, 0.6) is 0 Å². The third-order valence-corrected chi connectivity index (χ3v) is 4.09. The zero-order valence-electron chi connectivity index (χ0n) is 14.4. The Balaban J connectivity index is 2.05. The molecule has 2 heterocycles. The highest BCUT2D eigenvalue weighted by Crippen LogP contribution is 2.21. The van der Waals surface area contributed by atoms with Crippen molar-refractivity contribution in [3.63, 3.8) is 0 Å². The zero-order chi connectivity index (χ0) is 17.8. The second-order valence-electron chi connectivity index (χ2n) is 5.94. The van der Waals surface area contributed by atoms with E-state index in [-0.39, 0.29) is 11.7 Å². The summed E-state index contributed by atoms with van der Waals surface area (Å²) in [5.74, 6) is 0.254. The van der Waals surface area contributed by atoms with Crippen LogP contribution in [0.25, 0.3) is 11.5 Å². The number of rotatable bonds is 6. The molecule has 25 heavy (non-hydrogen) atoms. The number of amides is 1. The first-order valence-corrected chi connectivity index (χ1v) is 8.34. The molecule has 1 amide bonds. The quantitative estimate of drug-likeness (QED) is 0.687. The molecule has 0 radical (unpaired) electrons. The lowest BCUT2D eigenvalue weighted by atomic mass is 10.2. The van der Waals surface area contributed by atoms with Gasteiger partial charge >= 0.3 is 0 Å². The van der Waals surface area contributed by atoms with Gasteiger partial charge in [0.1, 0.15) is 11.4 Å². The second kappa shape index (κ2) is 7.34. The molecule has 0 saturated heterocycles. The lowest BCUT2D eigenvalue weighted by molar-refractivity contribution is 0.0793. The van der Waals surface area contributed by atoms with Crippen molar-refractivity contribution in [2.45, 2.75) is 19.8 Å². The maximum atomic E-state index is 13.2. The molecule has 0 N–H and O–H groups in total. The van der Waals surface area contributed by atoms with Crippen LogP contribution in [0.2, 0.25) is 0 Å². The van der Waals surface area contributed by atoms with E-state index in [0.717, 1.165) is 12.8 Å². The summed E-state index contributed by atoms with van der Waals surface area (Å²) in [6, 6.07) is 9.82. The lowest BCUT2D eigenvalue weighted by Gasteiger charge is -2.17. The Bertz CT molecular complexity index is 837. The predicted molar refractivity (Wildman–Crippen MR) is 94.7 cm³/mol. The average Bonchev–Trinajstić information content (AvgIpc) is 3.28. The minimum atomic E-state index is -0.311. The number of hydrogen-bond donors (Lipinski definition) is 0. The summed E-state index contributed by atoms with van der Waals surface area (Å²) < 4.78 is 16.7. The van der Waals surface area contributed by atoms with Crippen molar-refractivity contribution in [2.24, 2.45) is 0 Å². The summed E-state index contributed by atoms with van der Waals surface area (Å²) in [6.45, 7) is 2.79. The Morgan fingerprint density at radius 3 is 2.52 bits per heavy atom. The van der Waals surface area contributed by atoms with Crippen LogP contribution in [0.15, 0.2) is 55.0 Å². The van der Waals surface area contributed by atoms with Crippen LogP contribution in [0.4, 0.5) is 4.39 Å². The molecule has 3 rings (SSSR count). The lowest BCUT2D eigenvalue weighted by Crippen LogP contribution is -2.28. The maximum absolute atomic E-state index is 13.2. The van der Waals surface area contributed by atoms with Crippen molar-refractivity contribution in [3.05, 3.63) is 66.4 Å². The molecule has 0 fully saturated rings. The SMILES string of the molecule is CCCCN(C)C(=O)c1cnn(-c2ccc(F)cc2)c1-n1cccc1. The highest BCUT2D eigenvalue weighted by Gasteiger charge is 2.22. The first-order chi connectivity index (χ1) is 12.1. The molecule has 0 unspecified atom stereocenters. The summed E-state index contributed by atoms with van der Waals surface area (Å²) in [6.07, 6.45) is 7.27. The van der Waals surface area contributed by atoms with Gasteiger partial charge in [-0.25, -0.2) is 9.07 Å². The Hall–Kier alpha value is -2.89. The first-order valence-electron chi connectivity index (χ1n) is 8.34. The molecular formula is C19H21FN4O. The summed E-state index contributed by atoms with van der Waals surface area (Å²) in [5, 5.41) is 4.38. The molecule has 3 aromatic rings. The number of aromatic nitrogens is 3. The smallest absolute Gasteiger partial charge is 0.259 e. The third-order valence-electron chi connectivity index (χ3n) is 4.09. The zero-order valence-corrected chi connectivity index (χ0v) is 14.4. The molecule has 130 valence electrons. The van der Waals surface area contributed by atoms with Gasteiger partial charge in [0.05, 0.1) is 11.9 Å². The van der Waals surface area contributed by atoms with Crippen molar-refractivity contribution >= 4 is 5.91 Å². The number of halogens is 1. The van der Waals surface area contributed by atoms with E-state index >= 15 is 0 Å². The predicted octanol–water partition coefficient (Wildman–Crippen LogP) is 3.67. The first kappa shape index (κ1) is 17.0. The minimum absolute atomic E-state index is 0.0782. The molecule has 0 spiro atoms. The normalized spacial score (nSPS) is 10.8. The molecular weight excluding hydrogens is 319 g/mol. The summed E-state index contributed by atoms with van der Waals surface area (Å²) >= 11 is 0. The fourth-order valence-corrected chi connectivity index (χ4v) is 2.69. The average molecular weight is 340 g/mol. The fourth-order valence-electron chi connectivity index (χ4n) is 2.69. The van der Waals surface area contributed by atoms with Crippen LogP contribution >= 0.6 is 0 Å². The van der Waals surface area contributed by atoms with Crippen molar-refractivity contribution in [1.82, 2.24) is 19.2 Å². The summed E-state index contributed by atoms with van der Waals surface area (Å²) in [7, 11) is 1.80. The molecule has 1 aromatic carbocycles. The summed E-state index contributed by atoms with van der Waals surface area (Å²) in [5.41, 5.74) is 1.21. The Morgan fingerprint density at radius 2 is 1.88 bits per heavy atom. The van der Waals surface area contributed by atoms with Gasteiger partial charge in [-0.3, -0.25) is 4.79 Å². The van der Waals surface area contributed by atoms with E-state index in [1.165, 1.54) is 12.1 Å². The summed E-state index contributed by atoms with van der Waals surface area (Å²) in [4.78, 5) is 14.6. The van der Waals surface area contributed by atoms with Crippen LogP contribution in [0.1, 0.15) is 30.1 Å². The van der Waals surface area contributed by atoms with Crippen molar-refractivity contribution in [1.29, 1.82) is 0 Å². The van der Waals surface area contributed by atoms with E-state index < -0.39 is 0 Å². The minimum Gasteiger partial charge on any atom is -0.342 e. The fraction of sp³-hybridized carbons (Fsp3) is 0.263. The number of carbonyl (C=O) groups excluding carboxylic acids is 1. The molecule has 0 aliphatic heterocycles. The van der Waals surface area contributed by atoms with Gasteiger partial charge in [-0.05, 0) is 42.8 Å². The van der Waals surface area contributed by atoms with Crippen molar-refractivity contribution in [2.75, 3.05) is 13.6 Å². The van der Waals surface area contributed by atoms with E-state index in [1.54, 1.807) is 35.0 Å². The highest BCUT2D eigenvalue weighted by atomic mass is 19.1. The molecule has 0 bridgehead atoms. The van der Waals surface area contributed by atoms with Gasteiger partial charge < -0.3 is 9.47 Å². The van der Waals surface area contributed by atoms with E-state index in [0.29, 0.717) is 23.6 Å². The van der Waals surface area contributed by atoms with E-state index in [1.807, 2.05) is 29.1 Å². The molecule has 0 atom stereocenters. The molecule has 2 aromatic heterocycles. The Labute approximate surface area is 146 Å². The monoisotopic (exact) mass is 340 g/mol. The number of unbranched alkanes of at least 4 members (excludes halogenated alkanes) is 1. The van der Waals surface area contributed by atoms with Crippen LogP contribution in [-0.2, 0) is 0 Å². The highest BCUT2D eigenvalue weighted by molar-refractivity contribution is 5.97. The number of benzene rings is 1. The van der Waals surface area contributed by atoms with Crippen LogP contribution in [0.3, 0.4) is 0 Å². The van der Waals surface area contributed by atoms with Gasteiger partial charge in [-0.15, -0.1) is 0 Å². The molecule has 0 aliphatic carbocycles. The van der Waals surface area contributed by atoms with Gasteiger partial charge in [0.15, 0.2) is 5.82 Å². The Kier molecular flexibility index (Phi) is 4.97.